The number of aliphatic hydroxyl groups is 1. The van der Waals surface area contributed by atoms with Gasteiger partial charge in [0.15, 0.2) is 0 Å². The summed E-state index contributed by atoms with van der Waals surface area (Å²) in [7, 11) is 0. The van der Waals surface area contributed by atoms with Gasteiger partial charge in [0, 0.05) is 29.8 Å². The number of aliphatic hydroxyl groups excluding tert-OH is 1. The first kappa shape index (κ1) is 16.0. The highest BCUT2D eigenvalue weighted by molar-refractivity contribution is 5.68. The van der Waals surface area contributed by atoms with Crippen molar-refractivity contribution in [2.75, 3.05) is 6.61 Å². The molecule has 0 bridgehead atoms. The van der Waals surface area contributed by atoms with Crippen LogP contribution in [0, 0.1) is 0 Å². The normalized spacial score (nSPS) is 14.8. The van der Waals surface area contributed by atoms with E-state index in [1.165, 1.54) is 16.7 Å². The van der Waals surface area contributed by atoms with Crippen molar-refractivity contribution in [3.8, 4) is 11.1 Å². The number of nitrogens with zero attached hydrogens (tertiary/aromatic N) is 1. The molecule has 1 atom stereocenters. The Hall–Kier alpha value is -2.49. The summed E-state index contributed by atoms with van der Waals surface area (Å²) in [6.07, 6.45) is 0.790. The Kier molecular flexibility index (Phi) is 4.59. The van der Waals surface area contributed by atoms with Crippen LogP contribution in [0.1, 0.15) is 28.6 Å². The van der Waals surface area contributed by atoms with Crippen molar-refractivity contribution in [2.45, 2.75) is 25.6 Å². The molecule has 1 N–H and O–H groups in total. The highest BCUT2D eigenvalue weighted by Crippen LogP contribution is 2.30. The number of ether oxygens (including phenoxy) is 1. The summed E-state index contributed by atoms with van der Waals surface area (Å²) < 4.78 is 5.66. The lowest BCUT2D eigenvalue weighted by Crippen LogP contribution is -2.15. The van der Waals surface area contributed by atoms with E-state index in [1.54, 1.807) is 0 Å². The number of aromatic nitrogens is 1. The molecule has 1 aliphatic rings. The standard InChI is InChI=1S/C22H21NO2/c24-22(17-9-5-2-6-10-17)14-18-13-19(16-7-3-1-4-8-16)20-15-25-12-11-21(20)23-18/h1-10,13,22,24H,11-12,14-15H2. The molecule has 3 nitrogen and oxygen atoms in total. The van der Waals surface area contributed by atoms with Crippen LogP contribution in [0.5, 0.6) is 0 Å². The smallest absolute Gasteiger partial charge is 0.0845 e. The maximum absolute atomic E-state index is 10.6. The average Bonchev–Trinajstić information content (AvgIpc) is 2.68. The minimum atomic E-state index is -0.546. The van der Waals surface area contributed by atoms with E-state index in [0.717, 1.165) is 23.4 Å². The van der Waals surface area contributed by atoms with E-state index in [-0.39, 0.29) is 0 Å². The van der Waals surface area contributed by atoms with E-state index >= 15 is 0 Å². The Morgan fingerprint density at radius 3 is 2.48 bits per heavy atom. The van der Waals surface area contributed by atoms with Gasteiger partial charge >= 0.3 is 0 Å². The monoisotopic (exact) mass is 331 g/mol. The fraction of sp³-hybridized carbons (Fsp3) is 0.227. The molecule has 0 saturated carbocycles. The predicted octanol–water partition coefficient (Wildman–Crippen LogP) is 4.10. The van der Waals surface area contributed by atoms with Gasteiger partial charge in [0.05, 0.1) is 19.3 Å². The third-order valence-corrected chi connectivity index (χ3v) is 4.66. The Labute approximate surface area is 147 Å². The second kappa shape index (κ2) is 7.18. The lowest BCUT2D eigenvalue weighted by atomic mass is 9.94. The Balaban J connectivity index is 1.71. The molecule has 1 aromatic heterocycles. The first-order valence-corrected chi connectivity index (χ1v) is 8.69. The fourth-order valence-corrected chi connectivity index (χ4v) is 3.36. The first-order valence-electron chi connectivity index (χ1n) is 8.69. The zero-order chi connectivity index (χ0) is 17.1. The van der Waals surface area contributed by atoms with Gasteiger partial charge in [-0.15, -0.1) is 0 Å². The largest absolute Gasteiger partial charge is 0.388 e. The molecule has 0 fully saturated rings. The van der Waals surface area contributed by atoms with Gasteiger partial charge in [0.1, 0.15) is 0 Å². The van der Waals surface area contributed by atoms with Crippen LogP contribution in [-0.2, 0) is 24.2 Å². The molecule has 4 rings (SSSR count). The van der Waals surface area contributed by atoms with E-state index < -0.39 is 6.10 Å². The van der Waals surface area contributed by atoms with Gasteiger partial charge in [-0.3, -0.25) is 4.98 Å². The number of rotatable bonds is 4. The van der Waals surface area contributed by atoms with Crippen molar-refractivity contribution in [1.29, 1.82) is 0 Å². The van der Waals surface area contributed by atoms with Crippen LogP contribution >= 0.6 is 0 Å². The number of fused-ring (bicyclic) bond motifs is 1. The summed E-state index contributed by atoms with van der Waals surface area (Å²) in [6, 6.07) is 22.2. The van der Waals surface area contributed by atoms with Crippen LogP contribution in [0.25, 0.3) is 11.1 Å². The van der Waals surface area contributed by atoms with E-state index in [4.69, 9.17) is 9.72 Å². The number of hydrogen-bond acceptors (Lipinski definition) is 3. The third kappa shape index (κ3) is 3.48. The zero-order valence-electron chi connectivity index (χ0n) is 14.1. The van der Waals surface area contributed by atoms with Crippen molar-refractivity contribution in [2.24, 2.45) is 0 Å². The quantitative estimate of drug-likeness (QED) is 0.783. The zero-order valence-corrected chi connectivity index (χ0v) is 14.1. The van der Waals surface area contributed by atoms with Crippen LogP contribution in [0.4, 0.5) is 0 Å². The number of pyridine rings is 1. The van der Waals surface area contributed by atoms with Gasteiger partial charge in [-0.25, -0.2) is 0 Å². The van der Waals surface area contributed by atoms with Crippen molar-refractivity contribution in [3.63, 3.8) is 0 Å². The summed E-state index contributed by atoms with van der Waals surface area (Å²) in [4.78, 5) is 4.82. The van der Waals surface area contributed by atoms with Crippen molar-refractivity contribution in [1.82, 2.24) is 4.98 Å². The number of hydrogen-bond donors (Lipinski definition) is 1. The molecule has 25 heavy (non-hydrogen) atoms. The molecule has 0 amide bonds. The van der Waals surface area contributed by atoms with E-state index in [2.05, 4.69) is 18.2 Å². The SMILES string of the molecule is OC(Cc1cc(-c2ccccc2)c2c(n1)CCOC2)c1ccccc1. The van der Waals surface area contributed by atoms with Crippen molar-refractivity contribution >= 4 is 0 Å². The summed E-state index contributed by atoms with van der Waals surface area (Å²) >= 11 is 0. The molecule has 2 heterocycles. The van der Waals surface area contributed by atoms with Gasteiger partial charge in [-0.2, -0.15) is 0 Å². The predicted molar refractivity (Wildman–Crippen MR) is 98.1 cm³/mol. The van der Waals surface area contributed by atoms with Crippen LogP contribution < -0.4 is 0 Å². The van der Waals surface area contributed by atoms with Crippen molar-refractivity contribution in [3.05, 3.63) is 89.2 Å². The lowest BCUT2D eigenvalue weighted by Gasteiger charge is -2.21. The molecule has 0 spiro atoms. The molecule has 3 heteroatoms. The highest BCUT2D eigenvalue weighted by atomic mass is 16.5. The van der Waals surface area contributed by atoms with Gasteiger partial charge in [-0.05, 0) is 22.8 Å². The Bertz CT molecular complexity index is 847. The average molecular weight is 331 g/mol. The summed E-state index contributed by atoms with van der Waals surface area (Å²) in [6.45, 7) is 1.31. The van der Waals surface area contributed by atoms with E-state index in [9.17, 15) is 5.11 Å². The first-order chi connectivity index (χ1) is 12.3. The summed E-state index contributed by atoms with van der Waals surface area (Å²) in [5.74, 6) is 0. The highest BCUT2D eigenvalue weighted by Gasteiger charge is 2.19. The second-order valence-electron chi connectivity index (χ2n) is 6.39. The maximum Gasteiger partial charge on any atom is 0.0845 e. The van der Waals surface area contributed by atoms with Crippen LogP contribution in [0.3, 0.4) is 0 Å². The van der Waals surface area contributed by atoms with Crippen LogP contribution in [0.15, 0.2) is 66.7 Å². The maximum atomic E-state index is 10.6. The van der Waals surface area contributed by atoms with Gasteiger partial charge < -0.3 is 9.84 Å². The fourth-order valence-electron chi connectivity index (χ4n) is 3.36. The Morgan fingerprint density at radius 2 is 1.72 bits per heavy atom. The molecule has 3 aromatic rings. The lowest BCUT2D eigenvalue weighted by molar-refractivity contribution is 0.109. The molecule has 0 aliphatic carbocycles. The van der Waals surface area contributed by atoms with Gasteiger partial charge in [0.2, 0.25) is 0 Å². The van der Waals surface area contributed by atoms with E-state index in [1.807, 2.05) is 48.5 Å². The minimum absolute atomic E-state index is 0.512. The molecular formula is C22H21NO2. The number of benzene rings is 2. The molecular weight excluding hydrogens is 310 g/mol. The molecule has 1 unspecified atom stereocenters. The van der Waals surface area contributed by atoms with Gasteiger partial charge in [-0.1, -0.05) is 60.7 Å². The molecule has 0 saturated heterocycles. The van der Waals surface area contributed by atoms with Crippen molar-refractivity contribution < 1.29 is 9.84 Å². The molecule has 2 aromatic carbocycles. The molecule has 1 aliphatic heterocycles. The van der Waals surface area contributed by atoms with Crippen LogP contribution in [0.2, 0.25) is 0 Å². The topological polar surface area (TPSA) is 42.4 Å². The second-order valence-corrected chi connectivity index (χ2v) is 6.39. The third-order valence-electron chi connectivity index (χ3n) is 4.66. The van der Waals surface area contributed by atoms with E-state index in [0.29, 0.717) is 19.6 Å². The molecule has 0 radical (unpaired) electrons. The molecule has 126 valence electrons. The summed E-state index contributed by atoms with van der Waals surface area (Å²) in [5, 5.41) is 10.6. The Morgan fingerprint density at radius 1 is 1.00 bits per heavy atom. The minimum Gasteiger partial charge on any atom is -0.388 e. The van der Waals surface area contributed by atoms with Gasteiger partial charge in [0.25, 0.3) is 0 Å². The van der Waals surface area contributed by atoms with Crippen LogP contribution in [-0.4, -0.2) is 16.7 Å². The summed E-state index contributed by atoms with van der Waals surface area (Å²) in [5.41, 5.74) is 6.46.